The molecular formula is C23H21ClN2O6. The van der Waals surface area contributed by atoms with Gasteiger partial charge in [-0.05, 0) is 51.1 Å². The number of hydrogen-bond acceptors (Lipinski definition) is 7. The number of carbonyl (C=O) groups is 4. The molecule has 0 saturated heterocycles. The highest BCUT2D eigenvalue weighted by Gasteiger charge is 2.40. The second-order valence-corrected chi connectivity index (χ2v) is 7.41. The molecule has 1 heterocycles. The fourth-order valence-electron chi connectivity index (χ4n) is 3.03. The summed E-state index contributed by atoms with van der Waals surface area (Å²) in [5.74, 6) is -2.72. The number of imide groups is 1. The smallest absolute Gasteiger partial charge is 0.340 e. The molecule has 32 heavy (non-hydrogen) atoms. The summed E-state index contributed by atoms with van der Waals surface area (Å²) in [6.45, 7) is 5.25. The van der Waals surface area contributed by atoms with E-state index in [2.05, 4.69) is 5.32 Å². The number of esters is 2. The molecule has 0 aromatic heterocycles. The van der Waals surface area contributed by atoms with Gasteiger partial charge in [-0.2, -0.15) is 0 Å². The highest BCUT2D eigenvalue weighted by molar-refractivity contribution is 6.53. The van der Waals surface area contributed by atoms with E-state index in [-0.39, 0.29) is 40.3 Å². The van der Waals surface area contributed by atoms with E-state index in [1.807, 2.05) is 0 Å². The molecule has 2 amide bonds. The van der Waals surface area contributed by atoms with Gasteiger partial charge in [-0.25, -0.2) is 14.5 Å². The van der Waals surface area contributed by atoms with Gasteiger partial charge in [0, 0.05) is 5.69 Å². The molecule has 1 aliphatic heterocycles. The summed E-state index contributed by atoms with van der Waals surface area (Å²) < 4.78 is 10.2. The standard InChI is InChI=1S/C23H21ClN2O6/c1-4-31-23(30)16-10-5-6-11-17(16)26-20(27)18(24)19(21(26)28)25-15-9-7-8-14(12-15)22(29)32-13(2)3/h5-13,25H,4H2,1-3H3. The highest BCUT2D eigenvalue weighted by atomic mass is 35.5. The molecule has 0 unspecified atom stereocenters. The molecule has 0 saturated carbocycles. The van der Waals surface area contributed by atoms with Gasteiger partial charge in [0.2, 0.25) is 0 Å². The molecule has 3 rings (SSSR count). The summed E-state index contributed by atoms with van der Waals surface area (Å²) in [7, 11) is 0. The Bertz CT molecular complexity index is 1120. The van der Waals surface area contributed by atoms with Crippen molar-refractivity contribution in [2.45, 2.75) is 26.9 Å². The average Bonchev–Trinajstić information content (AvgIpc) is 2.97. The van der Waals surface area contributed by atoms with E-state index in [0.717, 1.165) is 4.90 Å². The van der Waals surface area contributed by atoms with Crippen LogP contribution in [-0.4, -0.2) is 36.5 Å². The zero-order valence-electron chi connectivity index (χ0n) is 17.7. The number of rotatable bonds is 7. The molecule has 8 nitrogen and oxygen atoms in total. The van der Waals surface area contributed by atoms with Crippen LogP contribution >= 0.6 is 11.6 Å². The number of para-hydroxylation sites is 1. The number of hydrogen-bond donors (Lipinski definition) is 1. The van der Waals surface area contributed by atoms with Crippen molar-refractivity contribution in [3.05, 3.63) is 70.4 Å². The van der Waals surface area contributed by atoms with Gasteiger partial charge in [0.25, 0.3) is 11.8 Å². The molecule has 1 N–H and O–H groups in total. The number of benzene rings is 2. The highest BCUT2D eigenvalue weighted by Crippen LogP contribution is 2.32. The maximum Gasteiger partial charge on any atom is 0.340 e. The van der Waals surface area contributed by atoms with Crippen molar-refractivity contribution in [2.24, 2.45) is 0 Å². The molecule has 0 spiro atoms. The summed E-state index contributed by atoms with van der Waals surface area (Å²) in [4.78, 5) is 51.1. The minimum Gasteiger partial charge on any atom is -0.462 e. The lowest BCUT2D eigenvalue weighted by atomic mass is 10.1. The summed E-state index contributed by atoms with van der Waals surface area (Å²) in [5, 5.41) is 2.46. The van der Waals surface area contributed by atoms with Crippen molar-refractivity contribution in [3.8, 4) is 0 Å². The average molecular weight is 457 g/mol. The van der Waals surface area contributed by atoms with E-state index in [0.29, 0.717) is 5.69 Å². The van der Waals surface area contributed by atoms with Crippen molar-refractivity contribution < 1.29 is 28.7 Å². The topological polar surface area (TPSA) is 102 Å². The van der Waals surface area contributed by atoms with Gasteiger partial charge in [0.15, 0.2) is 0 Å². The fourth-order valence-corrected chi connectivity index (χ4v) is 3.24. The normalized spacial score (nSPS) is 13.6. The van der Waals surface area contributed by atoms with Gasteiger partial charge in [0.05, 0.1) is 29.5 Å². The molecular weight excluding hydrogens is 436 g/mol. The van der Waals surface area contributed by atoms with Gasteiger partial charge < -0.3 is 14.8 Å². The molecule has 0 atom stereocenters. The first kappa shape index (κ1) is 23.0. The molecule has 2 aromatic carbocycles. The minimum atomic E-state index is -0.786. The van der Waals surface area contributed by atoms with Crippen LogP contribution in [0.1, 0.15) is 41.5 Å². The van der Waals surface area contributed by atoms with E-state index >= 15 is 0 Å². The first-order valence-corrected chi connectivity index (χ1v) is 10.2. The van der Waals surface area contributed by atoms with Crippen LogP contribution in [-0.2, 0) is 19.1 Å². The molecule has 0 aliphatic carbocycles. The number of nitrogens with zero attached hydrogens (tertiary/aromatic N) is 1. The van der Waals surface area contributed by atoms with Crippen molar-refractivity contribution >= 4 is 46.7 Å². The third-order valence-corrected chi connectivity index (χ3v) is 4.73. The van der Waals surface area contributed by atoms with Crippen molar-refractivity contribution in [1.82, 2.24) is 0 Å². The predicted octanol–water partition coefficient (Wildman–Crippen LogP) is 3.86. The first-order valence-electron chi connectivity index (χ1n) is 9.87. The van der Waals surface area contributed by atoms with Crippen molar-refractivity contribution in [2.75, 3.05) is 16.8 Å². The summed E-state index contributed by atoms with van der Waals surface area (Å²) >= 11 is 6.18. The summed E-state index contributed by atoms with van der Waals surface area (Å²) in [6.07, 6.45) is -0.293. The van der Waals surface area contributed by atoms with Gasteiger partial charge >= 0.3 is 11.9 Å². The van der Waals surface area contributed by atoms with Crippen LogP contribution in [0.25, 0.3) is 0 Å². The largest absolute Gasteiger partial charge is 0.462 e. The van der Waals surface area contributed by atoms with E-state index < -0.39 is 23.8 Å². The minimum absolute atomic E-state index is 0.0557. The van der Waals surface area contributed by atoms with E-state index in [1.54, 1.807) is 51.1 Å². The van der Waals surface area contributed by atoms with Crippen LogP contribution < -0.4 is 10.2 Å². The summed E-state index contributed by atoms with van der Waals surface area (Å²) in [5.41, 5.74) is 0.565. The molecule has 0 radical (unpaired) electrons. The fraction of sp³-hybridized carbons (Fsp3) is 0.217. The van der Waals surface area contributed by atoms with E-state index in [9.17, 15) is 19.2 Å². The monoisotopic (exact) mass is 456 g/mol. The number of carbonyl (C=O) groups excluding carboxylic acids is 4. The van der Waals surface area contributed by atoms with Crippen LogP contribution in [0.15, 0.2) is 59.3 Å². The second-order valence-electron chi connectivity index (χ2n) is 7.03. The number of anilines is 2. The van der Waals surface area contributed by atoms with Gasteiger partial charge in [-0.15, -0.1) is 0 Å². The molecule has 0 bridgehead atoms. The zero-order chi connectivity index (χ0) is 23.4. The zero-order valence-corrected chi connectivity index (χ0v) is 18.4. The lowest BCUT2D eigenvalue weighted by Crippen LogP contribution is -2.33. The Kier molecular flexibility index (Phi) is 6.95. The third-order valence-electron chi connectivity index (χ3n) is 4.38. The Morgan fingerprint density at radius 2 is 1.75 bits per heavy atom. The number of ether oxygens (including phenoxy) is 2. The summed E-state index contributed by atoms with van der Waals surface area (Å²) in [6, 6.07) is 12.3. The molecule has 2 aromatic rings. The number of amides is 2. The van der Waals surface area contributed by atoms with Gasteiger partial charge in [-0.1, -0.05) is 29.8 Å². The van der Waals surface area contributed by atoms with E-state index in [1.165, 1.54) is 18.2 Å². The van der Waals surface area contributed by atoms with Crippen LogP contribution in [0.3, 0.4) is 0 Å². The Morgan fingerprint density at radius 3 is 2.44 bits per heavy atom. The Morgan fingerprint density at radius 1 is 1.03 bits per heavy atom. The van der Waals surface area contributed by atoms with Crippen LogP contribution in [0.5, 0.6) is 0 Å². The van der Waals surface area contributed by atoms with Crippen LogP contribution in [0.4, 0.5) is 11.4 Å². The molecule has 0 fully saturated rings. The number of nitrogens with one attached hydrogen (secondary N) is 1. The number of halogens is 1. The third kappa shape index (κ3) is 4.65. The Balaban J connectivity index is 1.89. The van der Waals surface area contributed by atoms with Crippen LogP contribution in [0, 0.1) is 0 Å². The van der Waals surface area contributed by atoms with Crippen molar-refractivity contribution in [1.29, 1.82) is 0 Å². The van der Waals surface area contributed by atoms with Gasteiger partial charge in [0.1, 0.15) is 10.7 Å². The lowest BCUT2D eigenvalue weighted by molar-refractivity contribution is -0.120. The quantitative estimate of drug-likeness (QED) is 0.498. The lowest BCUT2D eigenvalue weighted by Gasteiger charge is -2.18. The molecule has 9 heteroatoms. The molecule has 1 aliphatic rings. The molecule has 166 valence electrons. The first-order chi connectivity index (χ1) is 15.2. The van der Waals surface area contributed by atoms with Gasteiger partial charge in [-0.3, -0.25) is 9.59 Å². The SMILES string of the molecule is CCOC(=O)c1ccccc1N1C(=O)C(Cl)=C(Nc2cccc(C(=O)OC(C)C)c2)C1=O. The van der Waals surface area contributed by atoms with E-state index in [4.69, 9.17) is 21.1 Å². The Hall–Kier alpha value is -3.65. The maximum absolute atomic E-state index is 13.1. The maximum atomic E-state index is 13.1. The second kappa shape index (κ2) is 9.65. The van der Waals surface area contributed by atoms with Crippen molar-refractivity contribution in [3.63, 3.8) is 0 Å². The van der Waals surface area contributed by atoms with Crippen LogP contribution in [0.2, 0.25) is 0 Å². The predicted molar refractivity (Wildman–Crippen MR) is 118 cm³/mol. The Labute approximate surface area is 189 Å².